The number of nitrogens with two attached hydrogens (primary N) is 1. The minimum Gasteiger partial charge on any atom is -0.478 e. The molecule has 1 amide bonds. The number of hydrogen-bond acceptors (Lipinski definition) is 5. The summed E-state index contributed by atoms with van der Waals surface area (Å²) < 4.78 is 0. The highest BCUT2D eigenvalue weighted by Crippen LogP contribution is 2.17. The lowest BCUT2D eigenvalue weighted by Gasteiger charge is -2.09. The van der Waals surface area contributed by atoms with Gasteiger partial charge in [-0.05, 0) is 41.3 Å². The van der Waals surface area contributed by atoms with Crippen LogP contribution < -0.4 is 16.6 Å². The van der Waals surface area contributed by atoms with E-state index in [9.17, 15) is 19.5 Å². The maximum Gasteiger partial charge on any atom is 0.336 e. The first-order chi connectivity index (χ1) is 14.9. The van der Waals surface area contributed by atoms with Gasteiger partial charge in [0.25, 0.3) is 11.5 Å². The lowest BCUT2D eigenvalue weighted by atomic mass is 10.0. The van der Waals surface area contributed by atoms with Crippen LogP contribution in [0.4, 0.5) is 5.95 Å². The third kappa shape index (κ3) is 4.15. The summed E-state index contributed by atoms with van der Waals surface area (Å²) in [6.45, 7) is 0.108. The molecule has 0 saturated carbocycles. The van der Waals surface area contributed by atoms with Gasteiger partial charge in [-0.3, -0.25) is 14.6 Å². The Labute approximate surface area is 176 Å². The number of carboxylic acids is 1. The van der Waals surface area contributed by atoms with Gasteiger partial charge in [0, 0.05) is 18.3 Å². The van der Waals surface area contributed by atoms with E-state index >= 15 is 0 Å². The molecule has 9 heteroatoms. The number of rotatable bonds is 6. The summed E-state index contributed by atoms with van der Waals surface area (Å²) in [6, 6.07) is 13.5. The number of carboxylic acid groups (broad SMARTS) is 1. The highest BCUT2D eigenvalue weighted by molar-refractivity contribution is 5.94. The molecule has 0 atom stereocenters. The van der Waals surface area contributed by atoms with Crippen molar-refractivity contribution in [3.05, 3.63) is 92.9 Å². The molecule has 9 nitrogen and oxygen atoms in total. The first-order valence-corrected chi connectivity index (χ1v) is 9.46. The Morgan fingerprint density at radius 2 is 1.81 bits per heavy atom. The maximum atomic E-state index is 12.4. The van der Waals surface area contributed by atoms with Gasteiger partial charge in [-0.1, -0.05) is 30.3 Å². The maximum absolute atomic E-state index is 12.4. The van der Waals surface area contributed by atoms with Gasteiger partial charge in [0.1, 0.15) is 5.65 Å². The van der Waals surface area contributed by atoms with Crippen molar-refractivity contribution < 1.29 is 14.7 Å². The van der Waals surface area contributed by atoms with Crippen molar-refractivity contribution in [3.8, 4) is 0 Å². The number of hydrogen-bond donors (Lipinski definition) is 5. The van der Waals surface area contributed by atoms with Crippen LogP contribution in [-0.2, 0) is 13.0 Å². The zero-order valence-corrected chi connectivity index (χ0v) is 16.3. The Hall–Kier alpha value is -4.40. The fourth-order valence-electron chi connectivity index (χ4n) is 3.41. The number of nitrogen functional groups attached to an aromatic ring is 1. The number of H-pyrrole nitrogens is 2. The molecule has 4 aromatic rings. The van der Waals surface area contributed by atoms with Gasteiger partial charge >= 0.3 is 5.97 Å². The standard InChI is InChI=1S/C22H19N5O4/c23-22-26-18-17(20(29)27-22)15(11-24-18)9-12-5-7-13(8-6-12)19(28)25-10-14-3-1-2-4-16(14)21(30)31/h1-8,11H,9-10H2,(H,25,28)(H,30,31)(H4,23,24,26,27,29). The highest BCUT2D eigenvalue weighted by atomic mass is 16.4. The summed E-state index contributed by atoms with van der Waals surface area (Å²) in [5.74, 6) is -1.30. The number of fused-ring (bicyclic) bond motifs is 1. The minimum absolute atomic E-state index is 0.0484. The van der Waals surface area contributed by atoms with Crippen LogP contribution in [0.1, 0.15) is 37.4 Å². The average molecular weight is 417 g/mol. The average Bonchev–Trinajstić information content (AvgIpc) is 3.15. The number of aromatic carboxylic acids is 1. The summed E-state index contributed by atoms with van der Waals surface area (Å²) >= 11 is 0. The van der Waals surface area contributed by atoms with Crippen LogP contribution in [0, 0.1) is 0 Å². The van der Waals surface area contributed by atoms with Crippen molar-refractivity contribution in [1.82, 2.24) is 20.3 Å². The minimum atomic E-state index is -1.04. The monoisotopic (exact) mass is 417 g/mol. The van der Waals surface area contributed by atoms with E-state index in [0.29, 0.717) is 28.6 Å². The molecule has 0 saturated heterocycles. The first-order valence-electron chi connectivity index (χ1n) is 9.46. The third-order valence-electron chi connectivity index (χ3n) is 4.94. The number of aromatic nitrogens is 3. The van der Waals surface area contributed by atoms with Crippen LogP contribution in [0.3, 0.4) is 0 Å². The Morgan fingerprint density at radius 1 is 1.06 bits per heavy atom. The third-order valence-corrected chi connectivity index (χ3v) is 4.94. The van der Waals surface area contributed by atoms with Crippen LogP contribution in [-0.4, -0.2) is 31.9 Å². The molecule has 31 heavy (non-hydrogen) atoms. The van der Waals surface area contributed by atoms with Gasteiger partial charge in [0.2, 0.25) is 5.95 Å². The van der Waals surface area contributed by atoms with Crippen LogP contribution in [0.15, 0.2) is 59.5 Å². The summed E-state index contributed by atoms with van der Waals surface area (Å²) in [5.41, 5.74) is 8.48. The van der Waals surface area contributed by atoms with Crippen molar-refractivity contribution in [2.75, 3.05) is 5.73 Å². The van der Waals surface area contributed by atoms with Crippen LogP contribution >= 0.6 is 0 Å². The number of amides is 1. The second-order valence-corrected chi connectivity index (χ2v) is 7.01. The number of anilines is 1. The number of carbonyl (C=O) groups is 2. The van der Waals surface area contributed by atoms with Crippen molar-refractivity contribution in [2.45, 2.75) is 13.0 Å². The molecule has 0 aliphatic heterocycles. The fraction of sp³-hybridized carbons (Fsp3) is 0.0909. The molecular formula is C22H19N5O4. The summed E-state index contributed by atoms with van der Waals surface area (Å²) in [6.07, 6.45) is 2.19. The Kier molecular flexibility index (Phi) is 5.23. The van der Waals surface area contributed by atoms with E-state index in [-0.39, 0.29) is 29.5 Å². The smallest absolute Gasteiger partial charge is 0.336 e. The molecule has 156 valence electrons. The molecule has 2 aromatic heterocycles. The number of carbonyl (C=O) groups excluding carboxylic acids is 1. The molecule has 0 fully saturated rings. The van der Waals surface area contributed by atoms with Crippen LogP contribution in [0.2, 0.25) is 0 Å². The molecule has 0 bridgehead atoms. The Bertz CT molecular complexity index is 1340. The Balaban J connectivity index is 1.46. The normalized spacial score (nSPS) is 10.8. The molecule has 4 rings (SSSR count). The zero-order valence-electron chi connectivity index (χ0n) is 16.3. The highest BCUT2D eigenvalue weighted by Gasteiger charge is 2.13. The fourth-order valence-corrected chi connectivity index (χ4v) is 3.41. The van der Waals surface area contributed by atoms with Crippen molar-refractivity contribution in [2.24, 2.45) is 0 Å². The Morgan fingerprint density at radius 3 is 2.55 bits per heavy atom. The van der Waals surface area contributed by atoms with Gasteiger partial charge < -0.3 is 21.1 Å². The van der Waals surface area contributed by atoms with Crippen molar-refractivity contribution in [1.29, 1.82) is 0 Å². The lowest BCUT2D eigenvalue weighted by molar-refractivity contribution is 0.0694. The molecular weight excluding hydrogens is 398 g/mol. The molecule has 0 spiro atoms. The van der Waals surface area contributed by atoms with E-state index in [1.54, 1.807) is 48.7 Å². The van der Waals surface area contributed by atoms with Crippen molar-refractivity contribution >= 4 is 28.9 Å². The number of nitrogens with one attached hydrogen (secondary N) is 3. The predicted molar refractivity (Wildman–Crippen MR) is 115 cm³/mol. The van der Waals surface area contributed by atoms with Crippen LogP contribution in [0.25, 0.3) is 11.0 Å². The van der Waals surface area contributed by atoms with E-state index < -0.39 is 5.97 Å². The van der Waals surface area contributed by atoms with E-state index in [0.717, 1.165) is 11.1 Å². The predicted octanol–water partition coefficient (Wildman–Crippen LogP) is 2.05. The molecule has 0 aliphatic carbocycles. The summed E-state index contributed by atoms with van der Waals surface area (Å²) in [5, 5.41) is 12.4. The molecule has 2 aromatic carbocycles. The zero-order chi connectivity index (χ0) is 22.0. The second-order valence-electron chi connectivity index (χ2n) is 7.01. The van der Waals surface area contributed by atoms with Crippen molar-refractivity contribution in [3.63, 3.8) is 0 Å². The van der Waals surface area contributed by atoms with Gasteiger partial charge in [-0.15, -0.1) is 0 Å². The largest absolute Gasteiger partial charge is 0.478 e. The van der Waals surface area contributed by atoms with E-state index in [4.69, 9.17) is 5.73 Å². The van der Waals surface area contributed by atoms with Gasteiger partial charge in [0.05, 0.1) is 10.9 Å². The SMILES string of the molecule is Nc1nc2[nH]cc(Cc3ccc(C(=O)NCc4ccccc4C(=O)O)cc3)c2c(=O)[nH]1. The van der Waals surface area contributed by atoms with E-state index in [1.165, 1.54) is 6.07 Å². The molecule has 0 aliphatic rings. The number of nitrogens with zero attached hydrogens (tertiary/aromatic N) is 1. The molecule has 0 radical (unpaired) electrons. The van der Waals surface area contributed by atoms with E-state index in [2.05, 4.69) is 20.3 Å². The van der Waals surface area contributed by atoms with Crippen LogP contribution in [0.5, 0.6) is 0 Å². The first kappa shape index (κ1) is 19.9. The van der Waals surface area contributed by atoms with Gasteiger partial charge in [-0.25, -0.2) is 4.79 Å². The van der Waals surface area contributed by atoms with Gasteiger partial charge in [0.15, 0.2) is 0 Å². The summed E-state index contributed by atoms with van der Waals surface area (Å²) in [7, 11) is 0. The summed E-state index contributed by atoms with van der Waals surface area (Å²) in [4.78, 5) is 45.4. The number of aromatic amines is 2. The van der Waals surface area contributed by atoms with Gasteiger partial charge in [-0.2, -0.15) is 4.98 Å². The topological polar surface area (TPSA) is 154 Å². The number of benzene rings is 2. The quantitative estimate of drug-likeness (QED) is 0.323. The lowest BCUT2D eigenvalue weighted by Crippen LogP contribution is -2.23. The van der Waals surface area contributed by atoms with E-state index in [1.807, 2.05) is 0 Å². The molecule has 6 N–H and O–H groups in total. The molecule has 0 unspecified atom stereocenters. The molecule has 2 heterocycles. The second kappa shape index (κ2) is 8.15.